The number of benzene rings is 2. The zero-order chi connectivity index (χ0) is 15.0. The maximum absolute atomic E-state index is 11.4. The van der Waals surface area contributed by atoms with Gasteiger partial charge in [0.2, 0.25) is 0 Å². The van der Waals surface area contributed by atoms with Gasteiger partial charge in [0.1, 0.15) is 0 Å². The number of carbonyl (C=O) groups excluding carboxylic acids is 1. The summed E-state index contributed by atoms with van der Waals surface area (Å²) in [5.41, 5.74) is 2.33. The van der Waals surface area contributed by atoms with E-state index in [1.807, 2.05) is 0 Å². The minimum Gasteiger partial charge on any atom is -0.469 e. The SMILES string of the molecule is COC(=O)CCn1c2ccc(I)cc2c2cc(I)ccc21. The van der Waals surface area contributed by atoms with Crippen LogP contribution in [0.2, 0.25) is 0 Å². The van der Waals surface area contributed by atoms with Crippen molar-refractivity contribution in [1.82, 2.24) is 4.57 Å². The Morgan fingerprint density at radius 2 is 1.57 bits per heavy atom. The van der Waals surface area contributed by atoms with E-state index in [-0.39, 0.29) is 5.97 Å². The van der Waals surface area contributed by atoms with Gasteiger partial charge < -0.3 is 9.30 Å². The molecular weight excluding hydrogens is 492 g/mol. The summed E-state index contributed by atoms with van der Waals surface area (Å²) in [5, 5.41) is 2.47. The van der Waals surface area contributed by atoms with Crippen molar-refractivity contribution in [2.24, 2.45) is 0 Å². The number of esters is 1. The van der Waals surface area contributed by atoms with Crippen molar-refractivity contribution < 1.29 is 9.53 Å². The van der Waals surface area contributed by atoms with Crippen LogP contribution in [0.3, 0.4) is 0 Å². The third kappa shape index (κ3) is 2.90. The second kappa shape index (κ2) is 6.12. The molecule has 3 aromatic rings. The smallest absolute Gasteiger partial charge is 0.307 e. The van der Waals surface area contributed by atoms with E-state index in [0.717, 1.165) is 11.0 Å². The Bertz CT molecular complexity index is 780. The number of aryl methyl sites for hydroxylation is 1. The van der Waals surface area contributed by atoms with Crippen molar-refractivity contribution in [2.45, 2.75) is 13.0 Å². The summed E-state index contributed by atoms with van der Waals surface area (Å²) >= 11 is 4.66. The summed E-state index contributed by atoms with van der Waals surface area (Å²) in [4.78, 5) is 11.4. The van der Waals surface area contributed by atoms with Gasteiger partial charge in [-0.2, -0.15) is 0 Å². The third-order valence-corrected chi connectivity index (χ3v) is 4.90. The van der Waals surface area contributed by atoms with Crippen LogP contribution in [0.15, 0.2) is 36.4 Å². The number of ether oxygens (including phenoxy) is 1. The van der Waals surface area contributed by atoms with Crippen LogP contribution in [0.5, 0.6) is 0 Å². The molecule has 0 unspecified atom stereocenters. The standard InChI is InChI=1S/C16H13I2NO2/c1-21-16(20)6-7-19-14-4-2-10(17)8-12(14)13-9-11(18)3-5-15(13)19/h2-5,8-9H,6-7H2,1H3. The molecule has 0 saturated carbocycles. The van der Waals surface area contributed by atoms with Crippen molar-refractivity contribution in [1.29, 1.82) is 0 Å². The van der Waals surface area contributed by atoms with E-state index in [9.17, 15) is 4.79 Å². The molecular formula is C16H13I2NO2. The molecule has 1 aromatic heterocycles. The van der Waals surface area contributed by atoms with Gasteiger partial charge in [0.15, 0.2) is 0 Å². The van der Waals surface area contributed by atoms with Gasteiger partial charge in [-0.3, -0.25) is 4.79 Å². The summed E-state index contributed by atoms with van der Waals surface area (Å²) in [6.07, 6.45) is 0.382. The minimum absolute atomic E-state index is 0.180. The molecule has 0 aliphatic rings. The lowest BCUT2D eigenvalue weighted by molar-refractivity contribution is -0.140. The van der Waals surface area contributed by atoms with E-state index >= 15 is 0 Å². The number of hydrogen-bond acceptors (Lipinski definition) is 2. The topological polar surface area (TPSA) is 31.2 Å². The number of rotatable bonds is 3. The second-order valence-corrected chi connectivity index (χ2v) is 7.29. The van der Waals surface area contributed by atoms with Gasteiger partial charge >= 0.3 is 5.97 Å². The predicted molar refractivity (Wildman–Crippen MR) is 102 cm³/mol. The first kappa shape index (κ1) is 15.1. The number of hydrogen-bond donors (Lipinski definition) is 0. The highest BCUT2D eigenvalue weighted by Crippen LogP contribution is 2.31. The van der Waals surface area contributed by atoms with Crippen LogP contribution in [0.1, 0.15) is 6.42 Å². The lowest BCUT2D eigenvalue weighted by Crippen LogP contribution is -2.06. The van der Waals surface area contributed by atoms with Gasteiger partial charge in [0.25, 0.3) is 0 Å². The van der Waals surface area contributed by atoms with Crippen molar-refractivity contribution in [3.8, 4) is 0 Å². The van der Waals surface area contributed by atoms with Gasteiger partial charge in [0.05, 0.1) is 13.5 Å². The lowest BCUT2D eigenvalue weighted by atomic mass is 10.2. The average Bonchev–Trinajstić information content (AvgIpc) is 2.77. The van der Waals surface area contributed by atoms with Crippen LogP contribution in [0, 0.1) is 7.14 Å². The Morgan fingerprint density at radius 1 is 1.05 bits per heavy atom. The van der Waals surface area contributed by atoms with Gasteiger partial charge in [-0.15, -0.1) is 0 Å². The van der Waals surface area contributed by atoms with Crippen LogP contribution in [-0.2, 0) is 16.1 Å². The van der Waals surface area contributed by atoms with E-state index in [1.54, 1.807) is 0 Å². The zero-order valence-electron chi connectivity index (χ0n) is 11.4. The average molecular weight is 505 g/mol. The lowest BCUT2D eigenvalue weighted by Gasteiger charge is -2.06. The van der Waals surface area contributed by atoms with Crippen LogP contribution >= 0.6 is 45.2 Å². The molecule has 0 radical (unpaired) electrons. The van der Waals surface area contributed by atoms with E-state index in [0.29, 0.717) is 13.0 Å². The van der Waals surface area contributed by atoms with E-state index in [2.05, 4.69) is 86.1 Å². The van der Waals surface area contributed by atoms with Gasteiger partial charge in [-0.1, -0.05) is 0 Å². The molecule has 2 aromatic carbocycles. The van der Waals surface area contributed by atoms with Gasteiger partial charge in [0, 0.05) is 35.5 Å². The molecule has 108 valence electrons. The molecule has 0 saturated heterocycles. The predicted octanol–water partition coefficient (Wildman–Crippen LogP) is 4.57. The maximum atomic E-state index is 11.4. The molecule has 0 atom stereocenters. The summed E-state index contributed by atoms with van der Waals surface area (Å²) in [6, 6.07) is 12.8. The Kier molecular flexibility index (Phi) is 4.39. The Hall–Kier alpha value is -0.830. The molecule has 0 spiro atoms. The number of nitrogens with zero attached hydrogens (tertiary/aromatic N) is 1. The molecule has 1 heterocycles. The quantitative estimate of drug-likeness (QED) is 0.386. The second-order valence-electron chi connectivity index (χ2n) is 4.80. The first-order chi connectivity index (χ1) is 10.1. The van der Waals surface area contributed by atoms with E-state index in [4.69, 9.17) is 4.74 Å². The maximum Gasteiger partial charge on any atom is 0.307 e. The first-order valence-electron chi connectivity index (χ1n) is 6.54. The van der Waals surface area contributed by atoms with E-state index in [1.165, 1.54) is 25.0 Å². The molecule has 21 heavy (non-hydrogen) atoms. The molecule has 0 aliphatic heterocycles. The molecule has 0 bridgehead atoms. The molecule has 3 rings (SSSR count). The fraction of sp³-hybridized carbons (Fsp3) is 0.188. The fourth-order valence-electron chi connectivity index (χ4n) is 2.59. The van der Waals surface area contributed by atoms with Crippen molar-refractivity contribution in [2.75, 3.05) is 7.11 Å². The zero-order valence-corrected chi connectivity index (χ0v) is 15.7. The van der Waals surface area contributed by atoms with Gasteiger partial charge in [-0.05, 0) is 81.6 Å². The highest BCUT2D eigenvalue weighted by molar-refractivity contribution is 14.1. The fourth-order valence-corrected chi connectivity index (χ4v) is 3.58. The summed E-state index contributed by atoms with van der Waals surface area (Å²) in [7, 11) is 1.43. The number of carbonyl (C=O) groups is 1. The van der Waals surface area contributed by atoms with Crippen molar-refractivity contribution in [3.05, 3.63) is 43.5 Å². The largest absolute Gasteiger partial charge is 0.469 e. The minimum atomic E-state index is -0.180. The number of halogens is 2. The van der Waals surface area contributed by atoms with Crippen LogP contribution in [-0.4, -0.2) is 17.6 Å². The molecule has 0 fully saturated rings. The summed E-state index contributed by atoms with van der Waals surface area (Å²) < 4.78 is 9.39. The highest BCUT2D eigenvalue weighted by atomic mass is 127. The first-order valence-corrected chi connectivity index (χ1v) is 8.70. The van der Waals surface area contributed by atoms with Crippen LogP contribution in [0.4, 0.5) is 0 Å². The Morgan fingerprint density at radius 3 is 2.05 bits per heavy atom. The number of aromatic nitrogens is 1. The molecule has 0 aliphatic carbocycles. The van der Waals surface area contributed by atoms with Crippen molar-refractivity contribution >= 4 is 73.0 Å². The molecule has 5 heteroatoms. The molecule has 3 nitrogen and oxygen atoms in total. The molecule has 0 N–H and O–H groups in total. The van der Waals surface area contributed by atoms with Crippen LogP contribution < -0.4 is 0 Å². The molecule has 0 amide bonds. The number of fused-ring (bicyclic) bond motifs is 3. The summed E-state index contributed by atoms with van der Waals surface area (Å²) in [5.74, 6) is -0.180. The normalized spacial score (nSPS) is 11.2. The third-order valence-electron chi connectivity index (χ3n) is 3.56. The Balaban J connectivity index is 2.22. The monoisotopic (exact) mass is 505 g/mol. The highest BCUT2D eigenvalue weighted by Gasteiger charge is 2.12. The van der Waals surface area contributed by atoms with E-state index < -0.39 is 0 Å². The summed E-state index contributed by atoms with van der Waals surface area (Å²) in [6.45, 7) is 0.633. The van der Waals surface area contributed by atoms with Crippen LogP contribution in [0.25, 0.3) is 21.8 Å². The Labute approximate surface area is 149 Å². The van der Waals surface area contributed by atoms with Gasteiger partial charge in [-0.25, -0.2) is 0 Å². The van der Waals surface area contributed by atoms with Crippen molar-refractivity contribution in [3.63, 3.8) is 0 Å². The number of methoxy groups -OCH3 is 1.